The molecule has 0 aromatic heterocycles. The van der Waals surface area contributed by atoms with Crippen LogP contribution in [-0.2, 0) is 13.2 Å². The molecule has 20 heavy (non-hydrogen) atoms. The molecule has 0 saturated heterocycles. The van der Waals surface area contributed by atoms with Crippen LogP contribution in [0.25, 0.3) is 0 Å². The Morgan fingerprint density at radius 3 is 2.75 bits per heavy atom. The first-order valence-electron chi connectivity index (χ1n) is 6.41. The molecular weight excluding hydrogens is 277 g/mol. The molecule has 0 radical (unpaired) electrons. The van der Waals surface area contributed by atoms with Gasteiger partial charge in [0.05, 0.1) is 5.02 Å². The van der Waals surface area contributed by atoms with Crippen LogP contribution in [0.4, 0.5) is 4.39 Å². The van der Waals surface area contributed by atoms with E-state index in [0.717, 1.165) is 11.1 Å². The van der Waals surface area contributed by atoms with E-state index in [2.05, 4.69) is 5.32 Å². The van der Waals surface area contributed by atoms with E-state index in [0.29, 0.717) is 22.9 Å². The summed E-state index contributed by atoms with van der Waals surface area (Å²) in [6, 6.07) is 10.6. The SMILES string of the molecule is CNCc1ccc(F)c(COc2cc(C)ccc2Cl)c1. The average molecular weight is 294 g/mol. The smallest absolute Gasteiger partial charge is 0.138 e. The van der Waals surface area contributed by atoms with Crippen molar-refractivity contribution in [1.82, 2.24) is 5.32 Å². The lowest BCUT2D eigenvalue weighted by Gasteiger charge is -2.11. The van der Waals surface area contributed by atoms with Gasteiger partial charge in [-0.05, 0) is 49.4 Å². The topological polar surface area (TPSA) is 21.3 Å². The van der Waals surface area contributed by atoms with Gasteiger partial charge in [0.1, 0.15) is 18.2 Å². The van der Waals surface area contributed by atoms with Crippen LogP contribution in [0.3, 0.4) is 0 Å². The Morgan fingerprint density at radius 2 is 2.00 bits per heavy atom. The Morgan fingerprint density at radius 1 is 1.20 bits per heavy atom. The first-order chi connectivity index (χ1) is 9.60. The number of halogens is 2. The van der Waals surface area contributed by atoms with Gasteiger partial charge in [-0.1, -0.05) is 23.7 Å². The molecule has 106 valence electrons. The van der Waals surface area contributed by atoms with Crippen LogP contribution in [0.1, 0.15) is 16.7 Å². The van der Waals surface area contributed by atoms with Gasteiger partial charge in [0.2, 0.25) is 0 Å². The van der Waals surface area contributed by atoms with E-state index < -0.39 is 0 Å². The van der Waals surface area contributed by atoms with Crippen molar-refractivity contribution in [3.8, 4) is 5.75 Å². The first-order valence-corrected chi connectivity index (χ1v) is 6.79. The third-order valence-electron chi connectivity index (χ3n) is 2.96. The van der Waals surface area contributed by atoms with Crippen molar-refractivity contribution in [3.05, 3.63) is 63.9 Å². The third kappa shape index (κ3) is 3.71. The van der Waals surface area contributed by atoms with Gasteiger partial charge >= 0.3 is 0 Å². The Labute approximate surface area is 123 Å². The number of rotatable bonds is 5. The first kappa shape index (κ1) is 14.8. The molecule has 0 amide bonds. The summed E-state index contributed by atoms with van der Waals surface area (Å²) < 4.78 is 19.4. The van der Waals surface area contributed by atoms with Crippen LogP contribution in [0.5, 0.6) is 5.75 Å². The molecule has 0 aliphatic heterocycles. The maximum atomic E-state index is 13.8. The number of hydrogen-bond donors (Lipinski definition) is 1. The monoisotopic (exact) mass is 293 g/mol. The number of benzene rings is 2. The summed E-state index contributed by atoms with van der Waals surface area (Å²) >= 11 is 6.05. The zero-order valence-electron chi connectivity index (χ0n) is 11.5. The van der Waals surface area contributed by atoms with Gasteiger partial charge in [-0.25, -0.2) is 4.39 Å². The van der Waals surface area contributed by atoms with E-state index in [1.807, 2.05) is 26.1 Å². The van der Waals surface area contributed by atoms with Crippen LogP contribution in [0.15, 0.2) is 36.4 Å². The highest BCUT2D eigenvalue weighted by Gasteiger charge is 2.07. The van der Waals surface area contributed by atoms with Gasteiger partial charge in [0.25, 0.3) is 0 Å². The van der Waals surface area contributed by atoms with Crippen LogP contribution < -0.4 is 10.1 Å². The van der Waals surface area contributed by atoms with Gasteiger partial charge in [-0.2, -0.15) is 0 Å². The lowest BCUT2D eigenvalue weighted by Crippen LogP contribution is -2.07. The molecule has 0 saturated carbocycles. The molecule has 2 aromatic carbocycles. The maximum absolute atomic E-state index is 13.8. The van der Waals surface area contributed by atoms with Crippen LogP contribution >= 0.6 is 11.6 Å². The highest BCUT2D eigenvalue weighted by molar-refractivity contribution is 6.32. The maximum Gasteiger partial charge on any atom is 0.138 e. The van der Waals surface area contributed by atoms with Crippen molar-refractivity contribution >= 4 is 11.6 Å². The Hall–Kier alpha value is -1.58. The molecule has 0 atom stereocenters. The second kappa shape index (κ2) is 6.73. The predicted octanol–water partition coefficient (Wildman–Crippen LogP) is 4.09. The molecule has 0 aliphatic carbocycles. The normalized spacial score (nSPS) is 10.6. The fourth-order valence-electron chi connectivity index (χ4n) is 1.93. The zero-order valence-corrected chi connectivity index (χ0v) is 12.3. The van der Waals surface area contributed by atoms with E-state index in [9.17, 15) is 4.39 Å². The minimum Gasteiger partial charge on any atom is -0.487 e. The van der Waals surface area contributed by atoms with Gasteiger partial charge < -0.3 is 10.1 Å². The summed E-state index contributed by atoms with van der Waals surface area (Å²) in [5, 5.41) is 3.57. The number of aryl methyl sites for hydroxylation is 1. The van der Waals surface area contributed by atoms with Gasteiger partial charge in [0.15, 0.2) is 0 Å². The van der Waals surface area contributed by atoms with E-state index in [4.69, 9.17) is 16.3 Å². The molecule has 0 unspecified atom stereocenters. The highest BCUT2D eigenvalue weighted by atomic mass is 35.5. The predicted molar refractivity (Wildman–Crippen MR) is 79.7 cm³/mol. The summed E-state index contributed by atoms with van der Waals surface area (Å²) in [4.78, 5) is 0. The fraction of sp³-hybridized carbons (Fsp3) is 0.250. The summed E-state index contributed by atoms with van der Waals surface area (Å²) in [5.74, 6) is 0.304. The second-order valence-corrected chi connectivity index (χ2v) is 5.09. The molecule has 1 N–H and O–H groups in total. The standard InChI is InChI=1S/C16H17ClFNO/c1-11-3-5-14(17)16(7-11)20-10-13-8-12(9-19-2)4-6-15(13)18/h3-8,19H,9-10H2,1-2H3. The summed E-state index contributed by atoms with van der Waals surface area (Å²) in [5.41, 5.74) is 2.59. The third-order valence-corrected chi connectivity index (χ3v) is 3.27. The number of hydrogen-bond acceptors (Lipinski definition) is 2. The van der Waals surface area contributed by atoms with E-state index in [1.165, 1.54) is 6.07 Å². The van der Waals surface area contributed by atoms with E-state index in [-0.39, 0.29) is 12.4 Å². The Bertz CT molecular complexity index is 601. The summed E-state index contributed by atoms with van der Waals surface area (Å²) in [6.07, 6.45) is 0. The van der Waals surface area contributed by atoms with Crippen molar-refractivity contribution < 1.29 is 9.13 Å². The molecular formula is C16H17ClFNO. The minimum absolute atomic E-state index is 0.159. The Kier molecular flexibility index (Phi) is 4.99. The van der Waals surface area contributed by atoms with Gasteiger partial charge in [-0.3, -0.25) is 0 Å². The van der Waals surface area contributed by atoms with Crippen LogP contribution in [0, 0.1) is 12.7 Å². The zero-order chi connectivity index (χ0) is 14.5. The molecule has 0 spiro atoms. The van der Waals surface area contributed by atoms with Crippen LogP contribution in [-0.4, -0.2) is 7.05 Å². The molecule has 0 fully saturated rings. The summed E-state index contributed by atoms with van der Waals surface area (Å²) in [6.45, 7) is 2.81. The van der Waals surface area contributed by atoms with Crippen molar-refractivity contribution in [2.24, 2.45) is 0 Å². The van der Waals surface area contributed by atoms with E-state index >= 15 is 0 Å². The molecule has 2 aromatic rings. The van der Waals surface area contributed by atoms with Gasteiger partial charge in [0, 0.05) is 12.1 Å². The second-order valence-electron chi connectivity index (χ2n) is 4.68. The quantitative estimate of drug-likeness (QED) is 0.896. The molecule has 4 heteroatoms. The van der Waals surface area contributed by atoms with Crippen molar-refractivity contribution in [2.75, 3.05) is 7.05 Å². The lowest BCUT2D eigenvalue weighted by molar-refractivity contribution is 0.299. The van der Waals surface area contributed by atoms with Gasteiger partial charge in [-0.15, -0.1) is 0 Å². The molecule has 0 bridgehead atoms. The minimum atomic E-state index is -0.270. The molecule has 2 nitrogen and oxygen atoms in total. The van der Waals surface area contributed by atoms with E-state index in [1.54, 1.807) is 18.2 Å². The Balaban J connectivity index is 2.13. The van der Waals surface area contributed by atoms with Crippen molar-refractivity contribution in [2.45, 2.75) is 20.1 Å². The van der Waals surface area contributed by atoms with Crippen LogP contribution in [0.2, 0.25) is 5.02 Å². The largest absolute Gasteiger partial charge is 0.487 e. The van der Waals surface area contributed by atoms with Crippen molar-refractivity contribution in [3.63, 3.8) is 0 Å². The average Bonchev–Trinajstić information content (AvgIpc) is 2.43. The molecule has 0 heterocycles. The molecule has 0 aliphatic rings. The lowest BCUT2D eigenvalue weighted by atomic mass is 10.1. The number of nitrogens with one attached hydrogen (secondary N) is 1. The summed E-state index contributed by atoms with van der Waals surface area (Å²) in [7, 11) is 1.85. The number of ether oxygens (including phenoxy) is 1. The highest BCUT2D eigenvalue weighted by Crippen LogP contribution is 2.26. The van der Waals surface area contributed by atoms with Crippen molar-refractivity contribution in [1.29, 1.82) is 0 Å². The molecule has 2 rings (SSSR count). The fourth-order valence-corrected chi connectivity index (χ4v) is 2.10.